The van der Waals surface area contributed by atoms with E-state index in [1.54, 1.807) is 0 Å². The molecule has 0 saturated heterocycles. The van der Waals surface area contributed by atoms with Gasteiger partial charge in [-0.15, -0.1) is 0 Å². The number of unbranched alkanes of at least 4 members (excludes halogenated alkanes) is 2. The van der Waals surface area contributed by atoms with Crippen LogP contribution >= 0.6 is 0 Å². The van der Waals surface area contributed by atoms with E-state index in [0.29, 0.717) is 0 Å². The first-order valence-electron chi connectivity index (χ1n) is 13.2. The van der Waals surface area contributed by atoms with Crippen molar-refractivity contribution in [1.82, 2.24) is 0 Å². The molecule has 0 rings (SSSR count). The second-order valence-electron chi connectivity index (χ2n) is 9.32. The van der Waals surface area contributed by atoms with E-state index >= 15 is 0 Å². The maximum absolute atomic E-state index is 12.1. The molecule has 1 amide bonds. The van der Waals surface area contributed by atoms with E-state index in [4.69, 9.17) is 14.0 Å². The second kappa shape index (κ2) is 26.0. The van der Waals surface area contributed by atoms with Gasteiger partial charge in [0.2, 0.25) is 5.91 Å². The van der Waals surface area contributed by atoms with Crippen LogP contribution in [0.25, 0.3) is 0 Å². The fourth-order valence-corrected chi connectivity index (χ4v) is 4.57. The smallest absolute Gasteiger partial charge is 0.747 e. The molecule has 0 aliphatic rings. The summed E-state index contributed by atoms with van der Waals surface area (Å²) in [5, 5.41) is 5.69. The molecule has 0 aromatic rings. The minimum absolute atomic E-state index is 0. The Morgan fingerprint density at radius 2 is 1.21 bits per heavy atom. The summed E-state index contributed by atoms with van der Waals surface area (Å²) in [4.78, 5) is 44.3. The molecule has 42 heavy (non-hydrogen) atoms. The Balaban J connectivity index is -0.000000436. The van der Waals surface area contributed by atoms with Gasteiger partial charge in [0.15, 0.2) is 5.25 Å². The number of carboxylic acid groups (broad SMARTS) is 1. The van der Waals surface area contributed by atoms with E-state index < -0.39 is 67.4 Å². The molecule has 3 N–H and O–H groups in total. The summed E-state index contributed by atoms with van der Waals surface area (Å²) in [5.41, 5.74) is 4.52. The van der Waals surface area contributed by atoms with Crippen LogP contribution in [0.2, 0.25) is 0 Å². The van der Waals surface area contributed by atoms with Crippen LogP contribution in [0.3, 0.4) is 0 Å². The topological polar surface area (TPSA) is 247 Å². The van der Waals surface area contributed by atoms with Gasteiger partial charge in [-0.1, -0.05) is 66.2 Å². The minimum atomic E-state index is -5.01. The Bertz CT molecular complexity index is 1010. The van der Waals surface area contributed by atoms with Gasteiger partial charge in [-0.05, 0) is 24.7 Å². The number of aliphatic carboxylic acids is 1. The summed E-state index contributed by atoms with van der Waals surface area (Å²) in [7, 11) is -9.84. The first-order chi connectivity index (χ1) is 18.4. The van der Waals surface area contributed by atoms with Crippen molar-refractivity contribution in [2.45, 2.75) is 102 Å². The van der Waals surface area contributed by atoms with Crippen molar-refractivity contribution in [2.75, 3.05) is 13.2 Å². The molecule has 0 aliphatic carbocycles. The number of hydrogen-bond acceptors (Lipinski definition) is 12. The molecule has 0 fully saturated rings. The van der Waals surface area contributed by atoms with Gasteiger partial charge in [0.25, 0.3) is 10.1 Å². The number of carboxylic acids is 1. The predicted octanol–water partition coefficient (Wildman–Crippen LogP) is -5.31. The predicted molar refractivity (Wildman–Crippen MR) is 141 cm³/mol. The van der Waals surface area contributed by atoms with Crippen molar-refractivity contribution in [3.63, 3.8) is 0 Å². The number of esters is 2. The Kier molecular flexibility index (Phi) is 30.1. The number of rotatable bonds is 20. The van der Waals surface area contributed by atoms with Crippen LogP contribution < -0.4 is 70.0 Å². The first-order valence-corrected chi connectivity index (χ1v) is 16.1. The average Bonchev–Trinajstić information content (AvgIpc) is 2.84. The van der Waals surface area contributed by atoms with E-state index in [-0.39, 0.29) is 84.2 Å². The Morgan fingerprint density at radius 3 is 1.50 bits per heavy atom. The van der Waals surface area contributed by atoms with Crippen molar-refractivity contribution in [3.8, 4) is 0 Å². The molecule has 0 aromatic carbocycles. The molecular formula is C24H43NNa2O13S2. The summed E-state index contributed by atoms with van der Waals surface area (Å²) in [6, 6.07) is 0. The standard InChI is InChI=1S/C20H38O7S.C4H7NO6S.2Na/c1-5-9-11-16(7-3)14-26-19(21)13-18(28(23,24)25)20(22)27-15-17(8-4)12-10-6-2;5-3(6)1-2(4(7)8)12(9,10)11;;/h16-18H,5-15H2,1-4H3,(H,23,24,25);2H,1H2,(H2,5,6)(H,7,8)(H,9,10,11);;/q;;2*+1/p-2. The van der Waals surface area contributed by atoms with Crippen LogP contribution in [0.5, 0.6) is 0 Å². The number of primary amides is 1. The van der Waals surface area contributed by atoms with Gasteiger partial charge in [0, 0.05) is 0 Å². The second-order valence-corrected chi connectivity index (χ2v) is 12.5. The molecule has 0 aromatic heterocycles. The molecule has 0 bridgehead atoms. The third kappa shape index (κ3) is 24.1. The van der Waals surface area contributed by atoms with Crippen molar-refractivity contribution < 1.29 is 119 Å². The Labute approximate surface area is 293 Å². The maximum atomic E-state index is 12.1. The summed E-state index contributed by atoms with van der Waals surface area (Å²) in [6.45, 7) is 8.26. The summed E-state index contributed by atoms with van der Waals surface area (Å²) < 4.78 is 73.3. The van der Waals surface area contributed by atoms with Gasteiger partial charge in [0.05, 0.1) is 32.0 Å². The molecular weight excluding hydrogens is 620 g/mol. The van der Waals surface area contributed by atoms with Gasteiger partial charge in [0.1, 0.15) is 15.4 Å². The van der Waals surface area contributed by atoms with Crippen LogP contribution in [-0.2, 0) is 48.9 Å². The Morgan fingerprint density at radius 1 is 0.786 bits per heavy atom. The van der Waals surface area contributed by atoms with Crippen LogP contribution in [0.1, 0.15) is 91.9 Å². The van der Waals surface area contributed by atoms with Gasteiger partial charge in [-0.2, -0.15) is 8.42 Å². The molecule has 236 valence electrons. The number of carbonyl (C=O) groups is 4. The molecule has 4 unspecified atom stereocenters. The third-order valence-corrected chi connectivity index (χ3v) is 8.13. The molecule has 0 aliphatic heterocycles. The van der Waals surface area contributed by atoms with Crippen molar-refractivity contribution in [1.29, 1.82) is 0 Å². The van der Waals surface area contributed by atoms with E-state index in [0.717, 1.165) is 51.4 Å². The summed E-state index contributed by atoms with van der Waals surface area (Å²) >= 11 is 0. The van der Waals surface area contributed by atoms with Crippen LogP contribution in [0, 0.1) is 11.8 Å². The molecule has 18 heteroatoms. The average molecular weight is 664 g/mol. The van der Waals surface area contributed by atoms with E-state index in [9.17, 15) is 45.7 Å². The molecule has 4 atom stereocenters. The van der Waals surface area contributed by atoms with E-state index in [1.807, 2.05) is 13.8 Å². The van der Waals surface area contributed by atoms with Gasteiger partial charge in [-0.25, -0.2) is 8.42 Å². The number of amides is 1. The summed E-state index contributed by atoms with van der Waals surface area (Å²) in [5.74, 6) is -4.95. The molecule has 0 radical (unpaired) electrons. The normalized spacial score (nSPS) is 13.9. The number of carbonyl (C=O) groups excluding carboxylic acids is 4. The monoisotopic (exact) mass is 663 g/mol. The number of ether oxygens (including phenoxy) is 2. The fraction of sp³-hybridized carbons (Fsp3) is 0.833. The summed E-state index contributed by atoms with van der Waals surface area (Å²) in [6.07, 6.45) is 5.58. The van der Waals surface area contributed by atoms with Gasteiger partial charge >= 0.3 is 71.1 Å². The maximum Gasteiger partial charge on any atom is 1.00 e. The van der Waals surface area contributed by atoms with Crippen molar-refractivity contribution in [2.24, 2.45) is 17.6 Å². The number of nitrogens with two attached hydrogens (primary N) is 1. The number of hydrogen-bond donors (Lipinski definition) is 2. The Hall–Kier alpha value is -0.300. The van der Waals surface area contributed by atoms with Gasteiger partial charge in [-0.3, -0.25) is 18.9 Å². The zero-order chi connectivity index (χ0) is 31.5. The van der Waals surface area contributed by atoms with E-state index in [1.165, 1.54) is 0 Å². The molecule has 0 heterocycles. The molecule has 0 spiro atoms. The molecule has 14 nitrogen and oxygen atoms in total. The first kappa shape index (κ1) is 48.6. The third-order valence-electron chi connectivity index (χ3n) is 6.00. The minimum Gasteiger partial charge on any atom is -0.747 e. The SMILES string of the molecule is CCCCC(CC)COC(=O)CC(C(=O)OCC(CC)CCCC)S(=O)(=O)[O-].NC(=O)CC(C(=O)[O-])S(=O)(=O)O.[Na+].[Na+]. The van der Waals surface area contributed by atoms with Crippen LogP contribution in [0.4, 0.5) is 0 Å². The van der Waals surface area contributed by atoms with Crippen LogP contribution in [-0.4, -0.2) is 73.5 Å². The van der Waals surface area contributed by atoms with Crippen molar-refractivity contribution >= 4 is 44.1 Å². The van der Waals surface area contributed by atoms with Crippen molar-refractivity contribution in [3.05, 3.63) is 0 Å². The zero-order valence-electron chi connectivity index (χ0n) is 25.5. The zero-order valence-corrected chi connectivity index (χ0v) is 31.2. The van der Waals surface area contributed by atoms with E-state index in [2.05, 4.69) is 19.6 Å². The molecule has 0 saturated carbocycles. The largest absolute Gasteiger partial charge is 1.00 e. The quantitative estimate of drug-likeness (QED) is 0.0703. The fourth-order valence-electron chi connectivity index (χ4n) is 3.31. The van der Waals surface area contributed by atoms with Crippen LogP contribution in [0.15, 0.2) is 0 Å². The van der Waals surface area contributed by atoms with Gasteiger partial charge < -0.3 is 29.7 Å².